The van der Waals surface area contributed by atoms with E-state index in [2.05, 4.69) is 24.5 Å². The van der Waals surface area contributed by atoms with E-state index in [1.165, 1.54) is 50.6 Å². The van der Waals surface area contributed by atoms with Crippen molar-refractivity contribution in [2.24, 2.45) is 5.73 Å². The van der Waals surface area contributed by atoms with E-state index in [0.29, 0.717) is 11.6 Å². The summed E-state index contributed by atoms with van der Waals surface area (Å²) in [7, 11) is 0. The van der Waals surface area contributed by atoms with Gasteiger partial charge in [0.25, 0.3) is 5.91 Å². The van der Waals surface area contributed by atoms with Crippen LogP contribution in [0.4, 0.5) is 0 Å². The van der Waals surface area contributed by atoms with E-state index in [4.69, 9.17) is 10.5 Å². The number of hydrogen-bond donors (Lipinski definition) is 1. The van der Waals surface area contributed by atoms with E-state index in [1.54, 1.807) is 0 Å². The van der Waals surface area contributed by atoms with Crippen molar-refractivity contribution in [2.45, 2.75) is 77.7 Å². The number of nitrogens with two attached hydrogens (primary N) is 1. The molecule has 1 aliphatic carbocycles. The van der Waals surface area contributed by atoms with Gasteiger partial charge in [0.1, 0.15) is 11.5 Å². The Morgan fingerprint density at radius 1 is 0.970 bits per heavy atom. The van der Waals surface area contributed by atoms with Gasteiger partial charge in [-0.2, -0.15) is 0 Å². The molecule has 33 heavy (non-hydrogen) atoms. The summed E-state index contributed by atoms with van der Waals surface area (Å²) in [6.07, 6.45) is 10.7. The first-order chi connectivity index (χ1) is 16.1. The standard InChI is InChI=1S/C29H36N2O2/c1-3-13-26-28(22-14-12-19-25(20-22)33-24-17-10-7-11-18-24)27(29(30)32)21(2)31(26)23-15-8-5-4-6-9-16-23/h7,10-12,14,17-20,23H,3-6,8-9,13,15-16H2,1-2H3,(H2,30,32). The van der Waals surface area contributed by atoms with Crippen molar-refractivity contribution in [3.63, 3.8) is 0 Å². The average molecular weight is 445 g/mol. The molecule has 0 spiro atoms. The Labute approximate surface area is 197 Å². The summed E-state index contributed by atoms with van der Waals surface area (Å²) in [5.41, 5.74) is 10.9. The number of amides is 1. The van der Waals surface area contributed by atoms with E-state index in [9.17, 15) is 4.79 Å². The lowest BCUT2D eigenvalue weighted by atomic mass is 9.95. The number of ether oxygens (including phenoxy) is 1. The highest BCUT2D eigenvalue weighted by atomic mass is 16.5. The molecule has 1 fully saturated rings. The van der Waals surface area contributed by atoms with Gasteiger partial charge in [-0.25, -0.2) is 0 Å². The first-order valence-corrected chi connectivity index (χ1v) is 12.5. The lowest BCUT2D eigenvalue weighted by molar-refractivity contribution is 0.1000. The van der Waals surface area contributed by atoms with E-state index in [-0.39, 0.29) is 5.91 Å². The fraction of sp³-hybridized carbons (Fsp3) is 0.414. The van der Waals surface area contributed by atoms with Gasteiger partial charge in [0.05, 0.1) is 5.56 Å². The SMILES string of the molecule is CCCc1c(-c2cccc(Oc3ccccc3)c2)c(C(N)=O)c(C)n1C1CCCCCCC1. The minimum atomic E-state index is -0.348. The summed E-state index contributed by atoms with van der Waals surface area (Å²) in [4.78, 5) is 12.7. The first-order valence-electron chi connectivity index (χ1n) is 12.5. The maximum Gasteiger partial charge on any atom is 0.251 e. The zero-order valence-electron chi connectivity index (χ0n) is 20.0. The van der Waals surface area contributed by atoms with Gasteiger partial charge in [0, 0.05) is 23.0 Å². The Bertz CT molecular complexity index is 1080. The third-order valence-electron chi connectivity index (χ3n) is 6.83. The molecule has 0 unspecified atom stereocenters. The van der Waals surface area contributed by atoms with Gasteiger partial charge in [0.15, 0.2) is 0 Å². The van der Waals surface area contributed by atoms with Gasteiger partial charge in [-0.05, 0) is 56.0 Å². The molecular weight excluding hydrogens is 408 g/mol. The minimum absolute atomic E-state index is 0.348. The molecule has 0 atom stereocenters. The third-order valence-corrected chi connectivity index (χ3v) is 6.83. The van der Waals surface area contributed by atoms with E-state index in [1.807, 2.05) is 48.5 Å². The van der Waals surface area contributed by atoms with Crippen LogP contribution in [-0.2, 0) is 6.42 Å². The van der Waals surface area contributed by atoms with Gasteiger partial charge in [-0.1, -0.05) is 75.8 Å². The van der Waals surface area contributed by atoms with Crippen LogP contribution in [0.15, 0.2) is 54.6 Å². The number of rotatable bonds is 7. The van der Waals surface area contributed by atoms with Crippen LogP contribution in [0.25, 0.3) is 11.1 Å². The average Bonchev–Trinajstić information content (AvgIpc) is 3.07. The second-order valence-corrected chi connectivity index (χ2v) is 9.21. The van der Waals surface area contributed by atoms with Gasteiger partial charge in [0.2, 0.25) is 0 Å². The Morgan fingerprint density at radius 2 is 1.64 bits per heavy atom. The first kappa shape index (κ1) is 23.2. The minimum Gasteiger partial charge on any atom is -0.457 e. The number of para-hydroxylation sites is 1. The predicted molar refractivity (Wildman–Crippen MR) is 135 cm³/mol. The Kier molecular flexibility index (Phi) is 7.54. The van der Waals surface area contributed by atoms with Crippen LogP contribution in [0.5, 0.6) is 11.5 Å². The molecule has 2 N–H and O–H groups in total. The summed E-state index contributed by atoms with van der Waals surface area (Å²) in [5, 5.41) is 0. The zero-order valence-corrected chi connectivity index (χ0v) is 20.0. The van der Waals surface area contributed by atoms with Crippen LogP contribution in [0.1, 0.15) is 86.1 Å². The molecule has 0 radical (unpaired) electrons. The Hall–Kier alpha value is -3.01. The fourth-order valence-electron chi connectivity index (χ4n) is 5.39. The van der Waals surface area contributed by atoms with E-state index < -0.39 is 0 Å². The van der Waals surface area contributed by atoms with E-state index >= 15 is 0 Å². The maximum atomic E-state index is 12.7. The molecule has 3 aromatic rings. The molecule has 4 nitrogen and oxygen atoms in total. The van der Waals surface area contributed by atoms with Crippen molar-refractivity contribution in [2.75, 3.05) is 0 Å². The summed E-state index contributed by atoms with van der Waals surface area (Å²) >= 11 is 0. The molecule has 0 aliphatic heterocycles. The second kappa shape index (κ2) is 10.7. The normalized spacial score (nSPS) is 15.1. The largest absolute Gasteiger partial charge is 0.457 e. The van der Waals surface area contributed by atoms with Crippen LogP contribution in [0.2, 0.25) is 0 Å². The second-order valence-electron chi connectivity index (χ2n) is 9.21. The van der Waals surface area contributed by atoms with Crippen molar-refractivity contribution >= 4 is 5.91 Å². The molecule has 1 aliphatic rings. The number of nitrogens with zero attached hydrogens (tertiary/aromatic N) is 1. The molecule has 0 bridgehead atoms. The highest BCUT2D eigenvalue weighted by molar-refractivity contribution is 6.02. The molecule has 1 amide bonds. The highest BCUT2D eigenvalue weighted by Gasteiger charge is 2.28. The quantitative estimate of drug-likeness (QED) is 0.408. The topological polar surface area (TPSA) is 57.2 Å². The number of aromatic nitrogens is 1. The summed E-state index contributed by atoms with van der Waals surface area (Å²) in [6.45, 7) is 4.28. The lowest BCUT2D eigenvalue weighted by Crippen LogP contribution is -2.17. The van der Waals surface area contributed by atoms with Crippen LogP contribution in [-0.4, -0.2) is 10.5 Å². The van der Waals surface area contributed by atoms with E-state index in [0.717, 1.165) is 41.2 Å². The summed E-state index contributed by atoms with van der Waals surface area (Å²) < 4.78 is 8.57. The molecule has 1 saturated carbocycles. The Balaban J connectivity index is 1.82. The van der Waals surface area contributed by atoms with Crippen LogP contribution in [0, 0.1) is 6.92 Å². The monoisotopic (exact) mass is 444 g/mol. The number of primary amides is 1. The molecule has 2 aromatic carbocycles. The lowest BCUT2D eigenvalue weighted by Gasteiger charge is -2.26. The predicted octanol–water partition coefficient (Wildman–Crippen LogP) is 7.59. The van der Waals surface area contributed by atoms with Crippen LogP contribution in [0.3, 0.4) is 0 Å². The maximum absolute atomic E-state index is 12.7. The number of benzene rings is 2. The number of carbonyl (C=O) groups is 1. The summed E-state index contributed by atoms with van der Waals surface area (Å²) in [6, 6.07) is 18.3. The van der Waals surface area contributed by atoms with Crippen molar-refractivity contribution in [3.05, 3.63) is 71.5 Å². The third kappa shape index (κ3) is 5.16. The van der Waals surface area contributed by atoms with Gasteiger partial charge in [-0.3, -0.25) is 4.79 Å². The number of hydrogen-bond acceptors (Lipinski definition) is 2. The molecule has 1 heterocycles. The van der Waals surface area contributed by atoms with Crippen molar-refractivity contribution in [1.82, 2.24) is 4.57 Å². The molecule has 1 aromatic heterocycles. The van der Waals surface area contributed by atoms with Gasteiger partial charge >= 0.3 is 0 Å². The van der Waals surface area contributed by atoms with Crippen LogP contribution >= 0.6 is 0 Å². The summed E-state index contributed by atoms with van der Waals surface area (Å²) in [5.74, 6) is 1.20. The van der Waals surface area contributed by atoms with Gasteiger partial charge < -0.3 is 15.0 Å². The van der Waals surface area contributed by atoms with Gasteiger partial charge in [-0.15, -0.1) is 0 Å². The molecular formula is C29H36N2O2. The van der Waals surface area contributed by atoms with Crippen molar-refractivity contribution in [1.29, 1.82) is 0 Å². The molecule has 4 heteroatoms. The highest BCUT2D eigenvalue weighted by Crippen LogP contribution is 2.40. The number of carbonyl (C=O) groups excluding carboxylic acids is 1. The fourth-order valence-corrected chi connectivity index (χ4v) is 5.39. The molecule has 0 saturated heterocycles. The van der Waals surface area contributed by atoms with Crippen molar-refractivity contribution in [3.8, 4) is 22.6 Å². The van der Waals surface area contributed by atoms with Crippen LogP contribution < -0.4 is 10.5 Å². The Morgan fingerprint density at radius 3 is 2.30 bits per heavy atom. The van der Waals surface area contributed by atoms with Crippen molar-refractivity contribution < 1.29 is 9.53 Å². The molecule has 174 valence electrons. The smallest absolute Gasteiger partial charge is 0.251 e. The zero-order chi connectivity index (χ0) is 23.2. The molecule has 4 rings (SSSR count).